The smallest absolute Gasteiger partial charge is 0.0447 e. The van der Waals surface area contributed by atoms with Gasteiger partial charge in [0, 0.05) is 42.6 Å². The van der Waals surface area contributed by atoms with Gasteiger partial charge in [-0.3, -0.25) is 0 Å². The Bertz CT molecular complexity index is 1660. The van der Waals surface area contributed by atoms with Crippen LogP contribution in [0.3, 0.4) is 0 Å². The number of hydrogen-bond donors (Lipinski definition) is 1. The fourth-order valence-corrected chi connectivity index (χ4v) is 7.23. The third kappa shape index (κ3) is 3.68. The van der Waals surface area contributed by atoms with E-state index < -0.39 is 0 Å². The fourth-order valence-electron chi connectivity index (χ4n) is 7.23. The van der Waals surface area contributed by atoms with E-state index in [-0.39, 0.29) is 10.8 Å². The standard InChI is InChI=1S/C37H40N2/c1-8-37(5,6)31-12-10-14-34-29(31)19-25-18-27-23(21-35(25)39(34)7)15-22-20-33-24(16-26(22)27)17-28-30(36(2,3)4)11-9-13-32(28)38-33/h9-14,16,18,20-21,38H,8,15,17,19H2,1-7H3. The van der Waals surface area contributed by atoms with Crippen LogP contribution >= 0.6 is 0 Å². The van der Waals surface area contributed by atoms with Crippen molar-refractivity contribution in [1.82, 2.24) is 0 Å². The number of benzene rings is 4. The molecule has 0 saturated heterocycles. The summed E-state index contributed by atoms with van der Waals surface area (Å²) in [6.45, 7) is 14.0. The van der Waals surface area contributed by atoms with Gasteiger partial charge in [0.05, 0.1) is 0 Å². The monoisotopic (exact) mass is 512 g/mol. The molecule has 0 aromatic heterocycles. The third-order valence-corrected chi connectivity index (χ3v) is 9.78. The van der Waals surface area contributed by atoms with E-state index in [0.29, 0.717) is 0 Å². The SMILES string of the molecule is CCC(C)(C)c1cccc2c1Cc1cc3c(cc1N2C)Cc1cc2c(cc1-3)Cc1c(cccc1C(C)(C)C)N2. The Morgan fingerprint density at radius 1 is 0.667 bits per heavy atom. The van der Waals surface area contributed by atoms with Crippen molar-refractivity contribution in [2.24, 2.45) is 0 Å². The second-order valence-electron chi connectivity index (χ2n) is 13.6. The molecule has 0 atom stereocenters. The van der Waals surface area contributed by atoms with Crippen molar-refractivity contribution in [2.45, 2.75) is 78.1 Å². The zero-order valence-electron chi connectivity index (χ0n) is 24.5. The van der Waals surface area contributed by atoms with Crippen LogP contribution in [-0.2, 0) is 30.1 Å². The molecule has 0 amide bonds. The molecule has 0 saturated carbocycles. The maximum absolute atomic E-state index is 3.80. The van der Waals surface area contributed by atoms with E-state index in [2.05, 4.69) is 119 Å². The molecule has 0 fully saturated rings. The van der Waals surface area contributed by atoms with E-state index >= 15 is 0 Å². The van der Waals surface area contributed by atoms with Crippen LogP contribution < -0.4 is 10.2 Å². The van der Waals surface area contributed by atoms with Gasteiger partial charge in [-0.15, -0.1) is 0 Å². The predicted octanol–water partition coefficient (Wildman–Crippen LogP) is 9.56. The van der Waals surface area contributed by atoms with E-state index in [4.69, 9.17) is 0 Å². The minimum atomic E-state index is 0.125. The van der Waals surface area contributed by atoms with E-state index in [0.717, 1.165) is 25.7 Å². The largest absolute Gasteiger partial charge is 0.355 e. The lowest BCUT2D eigenvalue weighted by Crippen LogP contribution is -2.24. The van der Waals surface area contributed by atoms with Crippen LogP contribution in [0.1, 0.15) is 92.5 Å². The summed E-state index contributed by atoms with van der Waals surface area (Å²) >= 11 is 0. The Kier molecular flexibility index (Phi) is 5.18. The molecule has 0 radical (unpaired) electrons. The van der Waals surface area contributed by atoms with Crippen molar-refractivity contribution in [3.05, 3.63) is 105 Å². The maximum atomic E-state index is 3.80. The Balaban J connectivity index is 1.31. The second-order valence-corrected chi connectivity index (χ2v) is 13.6. The van der Waals surface area contributed by atoms with E-state index in [1.807, 2.05) is 0 Å². The molecule has 0 unspecified atom stereocenters. The average Bonchev–Trinajstić information content (AvgIpc) is 3.24. The van der Waals surface area contributed by atoms with Crippen LogP contribution in [0.25, 0.3) is 11.1 Å². The zero-order chi connectivity index (χ0) is 27.3. The van der Waals surface area contributed by atoms with Gasteiger partial charge < -0.3 is 10.2 Å². The van der Waals surface area contributed by atoms with Gasteiger partial charge in [-0.1, -0.05) is 65.8 Å². The van der Waals surface area contributed by atoms with Gasteiger partial charge in [0.25, 0.3) is 0 Å². The first-order valence-corrected chi connectivity index (χ1v) is 14.6. The molecule has 3 aliphatic rings. The van der Waals surface area contributed by atoms with Crippen molar-refractivity contribution in [3.63, 3.8) is 0 Å². The lowest BCUT2D eigenvalue weighted by molar-refractivity contribution is 0.502. The van der Waals surface area contributed by atoms with Gasteiger partial charge in [-0.2, -0.15) is 0 Å². The van der Waals surface area contributed by atoms with Crippen molar-refractivity contribution >= 4 is 22.7 Å². The van der Waals surface area contributed by atoms with Crippen LogP contribution in [0.4, 0.5) is 22.7 Å². The topological polar surface area (TPSA) is 15.3 Å². The first kappa shape index (κ1) is 24.5. The highest BCUT2D eigenvalue weighted by atomic mass is 15.1. The summed E-state index contributed by atoms with van der Waals surface area (Å²) in [4.78, 5) is 2.43. The minimum Gasteiger partial charge on any atom is -0.355 e. The minimum absolute atomic E-state index is 0.125. The summed E-state index contributed by atoms with van der Waals surface area (Å²) in [5, 5.41) is 3.80. The van der Waals surface area contributed by atoms with Crippen molar-refractivity contribution in [2.75, 3.05) is 17.3 Å². The molecule has 4 aromatic rings. The Hall–Kier alpha value is -3.52. The Morgan fingerprint density at radius 3 is 2.08 bits per heavy atom. The number of nitrogens with zero attached hydrogens (tertiary/aromatic N) is 1. The second kappa shape index (κ2) is 8.24. The molecule has 1 aliphatic carbocycles. The highest BCUT2D eigenvalue weighted by molar-refractivity contribution is 5.87. The van der Waals surface area contributed by atoms with Gasteiger partial charge in [-0.05, 0) is 116 Å². The van der Waals surface area contributed by atoms with Crippen LogP contribution in [0.5, 0.6) is 0 Å². The number of rotatable bonds is 2. The van der Waals surface area contributed by atoms with Gasteiger partial charge in [0.15, 0.2) is 0 Å². The first-order valence-electron chi connectivity index (χ1n) is 14.6. The van der Waals surface area contributed by atoms with Crippen molar-refractivity contribution in [3.8, 4) is 11.1 Å². The summed E-state index contributed by atoms with van der Waals surface area (Å²) in [5.74, 6) is 0. The molecule has 2 heteroatoms. The van der Waals surface area contributed by atoms with E-state index in [1.54, 1.807) is 0 Å². The molecule has 0 spiro atoms. The molecule has 1 N–H and O–H groups in total. The molecular weight excluding hydrogens is 472 g/mol. The molecule has 39 heavy (non-hydrogen) atoms. The third-order valence-electron chi connectivity index (χ3n) is 9.78. The van der Waals surface area contributed by atoms with Crippen LogP contribution in [-0.4, -0.2) is 7.05 Å². The highest BCUT2D eigenvalue weighted by Crippen LogP contribution is 2.49. The average molecular weight is 513 g/mol. The number of fused-ring (bicyclic) bond motifs is 7. The molecule has 2 heterocycles. The summed E-state index contributed by atoms with van der Waals surface area (Å²) in [7, 11) is 2.25. The molecule has 4 aromatic carbocycles. The molecule has 7 rings (SSSR count). The zero-order valence-corrected chi connectivity index (χ0v) is 24.5. The van der Waals surface area contributed by atoms with E-state index in [1.165, 1.54) is 78.4 Å². The van der Waals surface area contributed by atoms with Crippen LogP contribution in [0.2, 0.25) is 0 Å². The van der Waals surface area contributed by atoms with Crippen molar-refractivity contribution in [1.29, 1.82) is 0 Å². The summed E-state index contributed by atoms with van der Waals surface area (Å²) in [6, 6.07) is 23.6. The lowest BCUT2D eigenvalue weighted by atomic mass is 9.76. The first-order chi connectivity index (χ1) is 18.5. The fraction of sp³-hybridized carbons (Fsp3) is 0.351. The van der Waals surface area contributed by atoms with Crippen molar-refractivity contribution < 1.29 is 0 Å². The van der Waals surface area contributed by atoms with Crippen LogP contribution in [0, 0.1) is 0 Å². The molecular formula is C37H40N2. The molecule has 2 aliphatic heterocycles. The normalized spacial score (nSPS) is 15.0. The van der Waals surface area contributed by atoms with Gasteiger partial charge in [0.2, 0.25) is 0 Å². The summed E-state index contributed by atoms with van der Waals surface area (Å²) < 4.78 is 0. The molecule has 0 bridgehead atoms. The van der Waals surface area contributed by atoms with Gasteiger partial charge >= 0.3 is 0 Å². The predicted molar refractivity (Wildman–Crippen MR) is 167 cm³/mol. The van der Waals surface area contributed by atoms with E-state index in [9.17, 15) is 0 Å². The summed E-state index contributed by atoms with van der Waals surface area (Å²) in [6.07, 6.45) is 4.14. The summed E-state index contributed by atoms with van der Waals surface area (Å²) in [5.41, 5.74) is 20.1. The Morgan fingerprint density at radius 2 is 1.33 bits per heavy atom. The number of anilines is 4. The van der Waals surface area contributed by atoms with Gasteiger partial charge in [0.1, 0.15) is 0 Å². The number of nitrogens with one attached hydrogen (secondary N) is 1. The Labute approximate surface area is 234 Å². The van der Waals surface area contributed by atoms with Gasteiger partial charge in [-0.25, -0.2) is 0 Å². The lowest BCUT2D eigenvalue weighted by Gasteiger charge is -2.35. The molecule has 198 valence electrons. The number of hydrogen-bond acceptors (Lipinski definition) is 2. The quantitative estimate of drug-likeness (QED) is 0.248. The highest BCUT2D eigenvalue weighted by Gasteiger charge is 2.31. The maximum Gasteiger partial charge on any atom is 0.0447 e. The van der Waals surface area contributed by atoms with Crippen LogP contribution in [0.15, 0.2) is 60.7 Å². The molecule has 2 nitrogen and oxygen atoms in total.